The Bertz CT molecular complexity index is 1180. The fourth-order valence-corrected chi connectivity index (χ4v) is 3.65. The molecule has 3 aromatic heterocycles. The summed E-state index contributed by atoms with van der Waals surface area (Å²) in [5.74, 6) is -0.769. The number of pyridine rings is 2. The fourth-order valence-electron chi connectivity index (χ4n) is 3.29. The number of rotatable bonds is 5. The Morgan fingerprint density at radius 2 is 1.80 bits per heavy atom. The van der Waals surface area contributed by atoms with Gasteiger partial charge in [-0.1, -0.05) is 30.3 Å². The third-order valence-electron chi connectivity index (χ3n) is 4.61. The SMILES string of the molecule is COc1ncc2nc(C(F)(F)F)n(Cc3ccc(SC)cn3)c2c1-c1ccccc1. The van der Waals surface area contributed by atoms with Crippen molar-refractivity contribution in [2.45, 2.75) is 17.6 Å². The molecule has 0 unspecified atom stereocenters. The van der Waals surface area contributed by atoms with Gasteiger partial charge in [0.15, 0.2) is 0 Å². The molecule has 0 radical (unpaired) electrons. The van der Waals surface area contributed by atoms with Crippen LogP contribution in [0.3, 0.4) is 0 Å². The molecule has 0 saturated heterocycles. The van der Waals surface area contributed by atoms with Gasteiger partial charge in [0.05, 0.1) is 36.6 Å². The number of fused-ring (bicyclic) bond motifs is 1. The van der Waals surface area contributed by atoms with Crippen molar-refractivity contribution in [1.29, 1.82) is 0 Å². The first-order valence-corrected chi connectivity index (χ1v) is 10.2. The van der Waals surface area contributed by atoms with E-state index < -0.39 is 12.0 Å². The van der Waals surface area contributed by atoms with Crippen molar-refractivity contribution in [2.24, 2.45) is 0 Å². The maximum atomic E-state index is 13.9. The Labute approximate surface area is 174 Å². The van der Waals surface area contributed by atoms with Gasteiger partial charge in [-0.2, -0.15) is 13.2 Å². The third-order valence-corrected chi connectivity index (χ3v) is 5.32. The highest BCUT2D eigenvalue weighted by atomic mass is 32.2. The number of imidazole rings is 1. The van der Waals surface area contributed by atoms with E-state index in [2.05, 4.69) is 15.0 Å². The van der Waals surface area contributed by atoms with E-state index in [0.29, 0.717) is 22.3 Å². The molecular weight excluding hydrogens is 413 g/mol. The molecule has 0 atom stereocenters. The van der Waals surface area contributed by atoms with Crippen molar-refractivity contribution in [1.82, 2.24) is 19.5 Å². The van der Waals surface area contributed by atoms with Crippen molar-refractivity contribution < 1.29 is 17.9 Å². The highest BCUT2D eigenvalue weighted by Crippen LogP contribution is 2.39. The summed E-state index contributed by atoms with van der Waals surface area (Å²) in [4.78, 5) is 13.3. The summed E-state index contributed by atoms with van der Waals surface area (Å²) < 4.78 is 48.1. The van der Waals surface area contributed by atoms with E-state index in [4.69, 9.17) is 4.74 Å². The molecule has 0 fully saturated rings. The predicted molar refractivity (Wildman–Crippen MR) is 110 cm³/mol. The molecule has 0 aliphatic carbocycles. The molecule has 4 rings (SSSR count). The standard InChI is InChI=1S/C21H17F3N4OS/c1-29-19-17(13-6-4-3-5-7-13)18-16(11-26-19)27-20(21(22,23)24)28(18)12-14-8-9-15(30-2)10-25-14/h3-11H,12H2,1-2H3. The molecule has 4 aromatic rings. The highest BCUT2D eigenvalue weighted by molar-refractivity contribution is 7.98. The summed E-state index contributed by atoms with van der Waals surface area (Å²) in [6.45, 7) is -0.0903. The molecular formula is C21H17F3N4OS. The number of methoxy groups -OCH3 is 1. The lowest BCUT2D eigenvalue weighted by Gasteiger charge is -2.15. The van der Waals surface area contributed by atoms with E-state index in [-0.39, 0.29) is 17.9 Å². The van der Waals surface area contributed by atoms with Crippen LogP contribution in [0, 0.1) is 0 Å². The Hall–Kier alpha value is -3.07. The molecule has 1 aromatic carbocycles. The maximum Gasteiger partial charge on any atom is 0.449 e. The summed E-state index contributed by atoms with van der Waals surface area (Å²) in [5.41, 5.74) is 2.08. The predicted octanol–water partition coefficient (Wildman–Crippen LogP) is 5.29. The number of ether oxygens (including phenoxy) is 1. The van der Waals surface area contributed by atoms with Crippen LogP contribution in [-0.2, 0) is 12.7 Å². The summed E-state index contributed by atoms with van der Waals surface area (Å²) in [6.07, 6.45) is 0.218. The topological polar surface area (TPSA) is 52.8 Å². The van der Waals surface area contributed by atoms with Crippen LogP contribution in [0.1, 0.15) is 11.5 Å². The molecule has 0 spiro atoms. The minimum Gasteiger partial charge on any atom is -0.480 e. The van der Waals surface area contributed by atoms with Crippen LogP contribution < -0.4 is 4.74 Å². The number of halogens is 3. The van der Waals surface area contributed by atoms with E-state index >= 15 is 0 Å². The second-order valence-electron chi connectivity index (χ2n) is 6.45. The van der Waals surface area contributed by atoms with Gasteiger partial charge in [-0.25, -0.2) is 9.97 Å². The zero-order valence-electron chi connectivity index (χ0n) is 16.1. The van der Waals surface area contributed by atoms with Gasteiger partial charge >= 0.3 is 6.18 Å². The molecule has 5 nitrogen and oxygen atoms in total. The minimum absolute atomic E-state index is 0.0903. The first-order chi connectivity index (χ1) is 14.4. The van der Waals surface area contributed by atoms with E-state index in [9.17, 15) is 13.2 Å². The van der Waals surface area contributed by atoms with Crippen molar-refractivity contribution in [3.8, 4) is 17.0 Å². The van der Waals surface area contributed by atoms with Gasteiger partial charge < -0.3 is 9.30 Å². The van der Waals surface area contributed by atoms with Gasteiger partial charge in [0.2, 0.25) is 11.7 Å². The van der Waals surface area contributed by atoms with Gasteiger partial charge in [-0.15, -0.1) is 11.8 Å². The highest BCUT2D eigenvalue weighted by Gasteiger charge is 2.38. The van der Waals surface area contributed by atoms with Gasteiger partial charge in [0.25, 0.3) is 0 Å². The Morgan fingerprint density at radius 1 is 1.03 bits per heavy atom. The fraction of sp³-hybridized carbons (Fsp3) is 0.190. The summed E-state index contributed by atoms with van der Waals surface area (Å²) in [7, 11) is 1.44. The zero-order chi connectivity index (χ0) is 21.3. The molecule has 0 aliphatic rings. The zero-order valence-corrected chi connectivity index (χ0v) is 17.0. The lowest BCUT2D eigenvalue weighted by atomic mass is 10.1. The monoisotopic (exact) mass is 430 g/mol. The molecule has 0 aliphatic heterocycles. The van der Waals surface area contributed by atoms with E-state index in [1.807, 2.05) is 30.5 Å². The third kappa shape index (κ3) is 3.72. The van der Waals surface area contributed by atoms with Crippen molar-refractivity contribution >= 4 is 22.8 Å². The van der Waals surface area contributed by atoms with Crippen LogP contribution in [0.25, 0.3) is 22.2 Å². The molecule has 9 heteroatoms. The van der Waals surface area contributed by atoms with E-state index in [1.165, 1.54) is 25.1 Å². The second-order valence-corrected chi connectivity index (χ2v) is 7.33. The summed E-state index contributed by atoms with van der Waals surface area (Å²) in [6, 6.07) is 12.6. The van der Waals surface area contributed by atoms with Crippen LogP contribution in [0.2, 0.25) is 0 Å². The van der Waals surface area contributed by atoms with Crippen molar-refractivity contribution in [3.05, 3.63) is 66.4 Å². The van der Waals surface area contributed by atoms with E-state index in [1.54, 1.807) is 24.4 Å². The van der Waals surface area contributed by atoms with Gasteiger partial charge in [0, 0.05) is 11.1 Å². The second kappa shape index (κ2) is 7.98. The number of thioether (sulfide) groups is 1. The average molecular weight is 430 g/mol. The van der Waals surface area contributed by atoms with Crippen molar-refractivity contribution in [2.75, 3.05) is 13.4 Å². The Kier molecular flexibility index (Phi) is 5.38. The van der Waals surface area contributed by atoms with Crippen LogP contribution >= 0.6 is 11.8 Å². The molecule has 0 bridgehead atoms. The first-order valence-electron chi connectivity index (χ1n) is 8.97. The number of nitrogens with zero attached hydrogens (tertiary/aromatic N) is 4. The number of benzene rings is 1. The summed E-state index contributed by atoms with van der Waals surface area (Å²) in [5, 5.41) is 0. The van der Waals surface area contributed by atoms with Crippen molar-refractivity contribution in [3.63, 3.8) is 0 Å². The Balaban J connectivity index is 2.00. The van der Waals surface area contributed by atoms with Crippen LogP contribution in [0.4, 0.5) is 13.2 Å². The number of aromatic nitrogens is 4. The van der Waals surface area contributed by atoms with Gasteiger partial charge in [0.1, 0.15) is 5.52 Å². The first kappa shape index (κ1) is 20.2. The largest absolute Gasteiger partial charge is 0.480 e. The molecule has 30 heavy (non-hydrogen) atoms. The summed E-state index contributed by atoms with van der Waals surface area (Å²) >= 11 is 1.51. The van der Waals surface area contributed by atoms with Gasteiger partial charge in [-0.3, -0.25) is 4.98 Å². The maximum absolute atomic E-state index is 13.9. The molecule has 0 saturated carbocycles. The number of alkyl halides is 3. The van der Waals surface area contributed by atoms with Crippen LogP contribution in [0.5, 0.6) is 5.88 Å². The minimum atomic E-state index is -4.64. The quantitative estimate of drug-likeness (QED) is 0.403. The number of hydrogen-bond acceptors (Lipinski definition) is 5. The normalized spacial score (nSPS) is 11.8. The molecule has 0 amide bonds. The molecule has 0 N–H and O–H groups in total. The van der Waals surface area contributed by atoms with Gasteiger partial charge in [-0.05, 0) is 24.0 Å². The molecule has 3 heterocycles. The Morgan fingerprint density at radius 3 is 2.40 bits per heavy atom. The van der Waals surface area contributed by atoms with Crippen LogP contribution in [0.15, 0.2) is 59.8 Å². The van der Waals surface area contributed by atoms with Crippen LogP contribution in [-0.4, -0.2) is 32.9 Å². The van der Waals surface area contributed by atoms with E-state index in [0.717, 1.165) is 9.46 Å². The lowest BCUT2D eigenvalue weighted by molar-refractivity contribution is -0.146. The number of hydrogen-bond donors (Lipinski definition) is 0. The average Bonchev–Trinajstić information content (AvgIpc) is 3.13. The smallest absolute Gasteiger partial charge is 0.449 e. The lowest BCUT2D eigenvalue weighted by Crippen LogP contribution is -2.16. The molecule has 154 valence electrons.